The highest BCUT2D eigenvalue weighted by atomic mass is 32.2. The summed E-state index contributed by atoms with van der Waals surface area (Å²) in [5.41, 5.74) is 3.63. The maximum absolute atomic E-state index is 12.6. The van der Waals surface area contributed by atoms with Crippen LogP contribution in [-0.2, 0) is 10.8 Å². The number of fused-ring (bicyclic) bond motifs is 1. The van der Waals surface area contributed by atoms with Crippen molar-refractivity contribution in [1.82, 2.24) is 0 Å². The van der Waals surface area contributed by atoms with Gasteiger partial charge < -0.3 is 10.2 Å². The largest absolute Gasteiger partial charge is 0.393 e. The molecule has 0 bridgehead atoms. The lowest BCUT2D eigenvalue weighted by atomic mass is 9.61. The van der Waals surface area contributed by atoms with E-state index in [2.05, 4.69) is 53.3 Å². The van der Waals surface area contributed by atoms with Crippen LogP contribution in [0.3, 0.4) is 0 Å². The average Bonchev–Trinajstić information content (AvgIpc) is 3.04. The van der Waals surface area contributed by atoms with Crippen LogP contribution in [0.1, 0.15) is 86.0 Å². The molecule has 0 saturated heterocycles. The number of rotatable bonds is 5. The first-order valence-corrected chi connectivity index (χ1v) is 13.6. The van der Waals surface area contributed by atoms with Gasteiger partial charge >= 0.3 is 0 Å². The molecule has 0 aromatic carbocycles. The van der Waals surface area contributed by atoms with Crippen LogP contribution >= 0.6 is 0 Å². The van der Waals surface area contributed by atoms with Crippen LogP contribution in [0.2, 0.25) is 0 Å². The van der Waals surface area contributed by atoms with Gasteiger partial charge in [-0.15, -0.1) is 0 Å². The van der Waals surface area contributed by atoms with Crippen molar-refractivity contribution in [2.24, 2.45) is 23.2 Å². The van der Waals surface area contributed by atoms with Crippen LogP contribution in [0.15, 0.2) is 35.5 Å². The van der Waals surface area contributed by atoms with Gasteiger partial charge in [-0.25, -0.2) is 0 Å². The maximum Gasteiger partial charge on any atom is 0.0811 e. The Morgan fingerprint density at radius 2 is 1.97 bits per heavy atom. The molecule has 2 N–H and O–H groups in total. The molecular weight excluding hydrogens is 404 g/mol. The molecule has 0 radical (unpaired) electrons. The van der Waals surface area contributed by atoms with E-state index in [1.165, 1.54) is 31.3 Å². The Bertz CT molecular complexity index is 759. The molecule has 176 valence electrons. The topological polar surface area (TPSA) is 57.5 Å². The molecule has 0 spiro atoms. The van der Waals surface area contributed by atoms with E-state index in [-0.39, 0.29) is 4.75 Å². The average molecular weight is 449 g/mol. The second-order valence-corrected chi connectivity index (χ2v) is 13.9. The van der Waals surface area contributed by atoms with E-state index in [0.717, 1.165) is 29.7 Å². The summed E-state index contributed by atoms with van der Waals surface area (Å²) in [6, 6.07) is 0. The number of aliphatic hydroxyl groups excluding tert-OH is 2. The highest BCUT2D eigenvalue weighted by Gasteiger charge is 2.50. The molecule has 0 heterocycles. The standard InChI is InChI=1S/C27H44O3S/c1-18(13-15-31(30)26(3,4)5)23-11-12-24-20(8-7-14-27(23,24)6)9-10-21-16-22(28)17-25(29)19(21)2/h9-10,18,22-25,28-29H,2,7-8,11-17H2,1,3-6H3/b20-9+,21-10-. The van der Waals surface area contributed by atoms with Crippen LogP contribution in [0.25, 0.3) is 0 Å². The van der Waals surface area contributed by atoms with Gasteiger partial charge in [-0.3, -0.25) is 4.21 Å². The summed E-state index contributed by atoms with van der Waals surface area (Å²) in [4.78, 5) is 0. The third-order valence-electron chi connectivity index (χ3n) is 8.43. The Balaban J connectivity index is 1.72. The monoisotopic (exact) mass is 448 g/mol. The first-order chi connectivity index (χ1) is 14.4. The fourth-order valence-electron chi connectivity index (χ4n) is 6.48. The van der Waals surface area contributed by atoms with Crippen LogP contribution in [0.4, 0.5) is 0 Å². The normalized spacial score (nSPS) is 39.0. The van der Waals surface area contributed by atoms with Gasteiger partial charge in [0.25, 0.3) is 0 Å². The van der Waals surface area contributed by atoms with E-state index in [1.807, 2.05) is 0 Å². The summed E-state index contributed by atoms with van der Waals surface area (Å²) in [6.07, 6.45) is 11.5. The molecule has 7 atom stereocenters. The summed E-state index contributed by atoms with van der Waals surface area (Å²) in [5, 5.41) is 20.2. The number of allylic oxidation sites excluding steroid dienone is 3. The predicted molar refractivity (Wildman–Crippen MR) is 131 cm³/mol. The van der Waals surface area contributed by atoms with Crippen molar-refractivity contribution in [3.63, 3.8) is 0 Å². The molecule has 4 heteroatoms. The van der Waals surface area contributed by atoms with Crippen LogP contribution in [0, 0.1) is 23.2 Å². The van der Waals surface area contributed by atoms with Crippen LogP contribution in [0.5, 0.6) is 0 Å². The molecule has 3 fully saturated rings. The minimum atomic E-state index is -0.772. The zero-order valence-electron chi connectivity index (χ0n) is 20.3. The number of aliphatic hydroxyl groups is 2. The van der Waals surface area contributed by atoms with Gasteiger partial charge in [-0.1, -0.05) is 38.2 Å². The van der Waals surface area contributed by atoms with Crippen molar-refractivity contribution in [3.05, 3.63) is 35.5 Å². The van der Waals surface area contributed by atoms with E-state index >= 15 is 0 Å². The van der Waals surface area contributed by atoms with Gasteiger partial charge in [0.1, 0.15) is 0 Å². The molecule has 3 aliphatic rings. The van der Waals surface area contributed by atoms with Gasteiger partial charge in [-0.05, 0) is 100 Å². The van der Waals surface area contributed by atoms with E-state index in [0.29, 0.717) is 36.0 Å². The maximum atomic E-state index is 12.6. The van der Waals surface area contributed by atoms with Gasteiger partial charge in [0.2, 0.25) is 0 Å². The fourth-order valence-corrected chi connectivity index (χ4v) is 7.68. The predicted octanol–water partition coefficient (Wildman–Crippen LogP) is 5.70. The van der Waals surface area contributed by atoms with Gasteiger partial charge in [-0.2, -0.15) is 0 Å². The Kier molecular flexibility index (Phi) is 7.76. The molecule has 3 saturated carbocycles. The van der Waals surface area contributed by atoms with Crippen molar-refractivity contribution < 1.29 is 14.4 Å². The molecule has 31 heavy (non-hydrogen) atoms. The first kappa shape index (κ1) is 24.9. The third-order valence-corrected chi connectivity index (χ3v) is 10.4. The zero-order chi connectivity index (χ0) is 23.0. The minimum absolute atomic E-state index is 0.125. The minimum Gasteiger partial charge on any atom is -0.393 e. The van der Waals surface area contributed by atoms with Gasteiger partial charge in [0.05, 0.1) is 12.2 Å². The van der Waals surface area contributed by atoms with Crippen molar-refractivity contribution in [3.8, 4) is 0 Å². The quantitative estimate of drug-likeness (QED) is 0.567. The Hall–Kier alpha value is -0.710. The molecule has 3 aliphatic carbocycles. The molecule has 0 aromatic heterocycles. The van der Waals surface area contributed by atoms with Crippen molar-refractivity contribution in [2.75, 3.05) is 5.75 Å². The van der Waals surface area contributed by atoms with Crippen molar-refractivity contribution in [2.45, 2.75) is 103 Å². The Labute approximate surface area is 192 Å². The molecule has 0 aromatic rings. The molecule has 0 aliphatic heterocycles. The molecule has 0 amide bonds. The molecule has 3 rings (SSSR count). The summed E-state index contributed by atoms with van der Waals surface area (Å²) in [6.45, 7) is 15.2. The number of hydrogen-bond donors (Lipinski definition) is 2. The lowest BCUT2D eigenvalue weighted by molar-refractivity contribution is 0.0861. The summed E-state index contributed by atoms with van der Waals surface area (Å²) < 4.78 is 12.4. The number of hydrogen-bond acceptors (Lipinski definition) is 3. The highest BCUT2D eigenvalue weighted by molar-refractivity contribution is 7.86. The van der Waals surface area contributed by atoms with Crippen molar-refractivity contribution >= 4 is 10.8 Å². The Morgan fingerprint density at radius 3 is 2.65 bits per heavy atom. The van der Waals surface area contributed by atoms with Gasteiger partial charge in [0.15, 0.2) is 0 Å². The molecular formula is C27H44O3S. The smallest absolute Gasteiger partial charge is 0.0811 e. The SMILES string of the molecule is C=C1/C(=C\C=C2/CCCC3(C)C2CCC3C(C)CCS(=O)C(C)(C)C)CC(O)CC1O. The van der Waals surface area contributed by atoms with Gasteiger partial charge in [0, 0.05) is 27.7 Å². The summed E-state index contributed by atoms with van der Waals surface area (Å²) in [7, 11) is -0.772. The van der Waals surface area contributed by atoms with E-state index in [4.69, 9.17) is 0 Å². The second kappa shape index (κ2) is 9.65. The first-order valence-electron chi connectivity index (χ1n) is 12.3. The molecule has 7 unspecified atom stereocenters. The lowest BCUT2D eigenvalue weighted by Gasteiger charge is -2.44. The lowest BCUT2D eigenvalue weighted by Crippen LogP contribution is -2.36. The van der Waals surface area contributed by atoms with E-state index in [1.54, 1.807) is 0 Å². The molecule has 3 nitrogen and oxygen atoms in total. The van der Waals surface area contributed by atoms with E-state index in [9.17, 15) is 14.4 Å². The van der Waals surface area contributed by atoms with E-state index < -0.39 is 23.0 Å². The Morgan fingerprint density at radius 1 is 1.26 bits per heavy atom. The highest BCUT2D eigenvalue weighted by Crippen LogP contribution is 2.59. The van der Waals surface area contributed by atoms with Crippen molar-refractivity contribution in [1.29, 1.82) is 0 Å². The summed E-state index contributed by atoms with van der Waals surface area (Å²) in [5.74, 6) is 2.72. The summed E-state index contributed by atoms with van der Waals surface area (Å²) >= 11 is 0. The third kappa shape index (κ3) is 5.45. The second-order valence-electron chi connectivity index (χ2n) is 11.6. The van der Waals surface area contributed by atoms with Crippen LogP contribution < -0.4 is 0 Å². The zero-order valence-corrected chi connectivity index (χ0v) is 21.1. The van der Waals surface area contributed by atoms with Crippen LogP contribution in [-0.4, -0.2) is 37.1 Å². The fraction of sp³-hybridized carbons (Fsp3) is 0.778.